The third kappa shape index (κ3) is 4.76. The summed E-state index contributed by atoms with van der Waals surface area (Å²) in [5.74, 6) is 1.08. The van der Waals surface area contributed by atoms with E-state index in [9.17, 15) is 4.79 Å². The van der Waals surface area contributed by atoms with Gasteiger partial charge in [0.25, 0.3) is 0 Å². The van der Waals surface area contributed by atoms with Crippen LogP contribution in [0, 0.1) is 0 Å². The second-order valence-electron chi connectivity index (χ2n) is 8.33. The Labute approximate surface area is 190 Å². The van der Waals surface area contributed by atoms with E-state index in [0.29, 0.717) is 5.75 Å². The average Bonchev–Trinajstić information content (AvgIpc) is 3.20. The van der Waals surface area contributed by atoms with Crippen LogP contribution in [0.3, 0.4) is 0 Å². The number of aryl methyl sites for hydroxylation is 1. The number of esters is 1. The van der Waals surface area contributed by atoms with E-state index in [1.165, 1.54) is 29.2 Å². The van der Waals surface area contributed by atoms with Gasteiger partial charge in [-0.15, -0.1) is 0 Å². The van der Waals surface area contributed by atoms with Gasteiger partial charge in [0.05, 0.1) is 0 Å². The lowest BCUT2D eigenvalue weighted by Gasteiger charge is -2.21. The molecule has 1 aliphatic carbocycles. The van der Waals surface area contributed by atoms with Gasteiger partial charge in [-0.1, -0.05) is 48.5 Å². The van der Waals surface area contributed by atoms with Crippen molar-refractivity contribution in [3.8, 4) is 11.5 Å². The van der Waals surface area contributed by atoms with Crippen molar-refractivity contribution in [2.45, 2.75) is 32.9 Å². The highest BCUT2D eigenvalue weighted by Crippen LogP contribution is 2.41. The summed E-state index contributed by atoms with van der Waals surface area (Å²) in [6.45, 7) is 3.44. The van der Waals surface area contributed by atoms with Crippen LogP contribution in [-0.4, -0.2) is 31.2 Å². The van der Waals surface area contributed by atoms with Crippen LogP contribution in [0.15, 0.2) is 72.8 Å². The molecule has 0 aliphatic heterocycles. The van der Waals surface area contributed by atoms with Gasteiger partial charge in [-0.3, -0.25) is 9.69 Å². The summed E-state index contributed by atoms with van der Waals surface area (Å²) < 4.78 is 11.2. The van der Waals surface area contributed by atoms with E-state index in [2.05, 4.69) is 36.4 Å². The zero-order valence-corrected chi connectivity index (χ0v) is 19.1. The van der Waals surface area contributed by atoms with Gasteiger partial charge in [0.1, 0.15) is 17.7 Å². The Kier molecular flexibility index (Phi) is 6.42. The topological polar surface area (TPSA) is 38.8 Å². The summed E-state index contributed by atoms with van der Waals surface area (Å²) >= 11 is 0. The first kappa shape index (κ1) is 21.8. The predicted octanol–water partition coefficient (Wildman–Crippen LogP) is 5.80. The molecule has 3 aromatic rings. The summed E-state index contributed by atoms with van der Waals surface area (Å²) in [6, 6.07) is 24.7. The van der Waals surface area contributed by atoms with Gasteiger partial charge >= 0.3 is 5.97 Å². The van der Waals surface area contributed by atoms with E-state index in [0.717, 1.165) is 29.7 Å². The SMILES string of the molecule is CC(=O)Oc1ccc(C(=C2CCc3ccccc32)c2ccc(OC(C)N(C)C)cc2)cc1. The molecule has 4 rings (SSSR count). The van der Waals surface area contributed by atoms with Crippen molar-refractivity contribution in [2.75, 3.05) is 14.1 Å². The van der Waals surface area contributed by atoms with Crippen molar-refractivity contribution < 1.29 is 14.3 Å². The molecule has 3 aromatic carbocycles. The molecular formula is C28H29NO3. The minimum atomic E-state index is -0.316. The molecule has 0 spiro atoms. The quantitative estimate of drug-likeness (QED) is 0.283. The lowest BCUT2D eigenvalue weighted by atomic mass is 9.90. The van der Waals surface area contributed by atoms with Crippen molar-refractivity contribution in [1.29, 1.82) is 0 Å². The van der Waals surface area contributed by atoms with E-state index in [1.54, 1.807) is 0 Å². The molecular weight excluding hydrogens is 398 g/mol. The van der Waals surface area contributed by atoms with Crippen molar-refractivity contribution in [1.82, 2.24) is 4.90 Å². The molecule has 0 radical (unpaired) electrons. The number of allylic oxidation sites excluding steroid dienone is 1. The average molecular weight is 428 g/mol. The largest absolute Gasteiger partial charge is 0.475 e. The van der Waals surface area contributed by atoms with E-state index < -0.39 is 0 Å². The lowest BCUT2D eigenvalue weighted by Crippen LogP contribution is -2.30. The number of nitrogens with zero attached hydrogens (tertiary/aromatic N) is 1. The Morgan fingerprint density at radius 1 is 0.844 bits per heavy atom. The fraction of sp³-hybridized carbons (Fsp3) is 0.250. The number of carbonyl (C=O) groups is 1. The first-order valence-electron chi connectivity index (χ1n) is 11.0. The molecule has 4 heteroatoms. The molecule has 0 N–H and O–H groups in total. The van der Waals surface area contributed by atoms with Crippen LogP contribution in [0.4, 0.5) is 0 Å². The standard InChI is InChI=1S/C28H29NO3/c1-19(29(3)4)31-24-14-9-22(10-15-24)28(23-11-16-25(17-12-23)32-20(2)30)27-18-13-21-7-5-6-8-26(21)27/h5-12,14-17,19H,13,18H2,1-4H3. The number of carbonyl (C=O) groups excluding carboxylic acids is 1. The third-order valence-electron chi connectivity index (χ3n) is 5.87. The minimum absolute atomic E-state index is 0.00537. The first-order valence-corrected chi connectivity index (χ1v) is 11.0. The van der Waals surface area contributed by atoms with Crippen LogP contribution < -0.4 is 9.47 Å². The Morgan fingerprint density at radius 3 is 2.03 bits per heavy atom. The lowest BCUT2D eigenvalue weighted by molar-refractivity contribution is -0.131. The van der Waals surface area contributed by atoms with Crippen LogP contribution in [0.1, 0.15) is 42.5 Å². The van der Waals surface area contributed by atoms with Gasteiger partial charge in [-0.05, 0) is 91.5 Å². The van der Waals surface area contributed by atoms with Gasteiger partial charge < -0.3 is 9.47 Å². The summed E-state index contributed by atoms with van der Waals surface area (Å²) in [6.07, 6.45) is 2.03. The molecule has 1 unspecified atom stereocenters. The Morgan fingerprint density at radius 2 is 1.44 bits per heavy atom. The molecule has 0 saturated heterocycles. The molecule has 164 valence electrons. The molecule has 32 heavy (non-hydrogen) atoms. The number of ether oxygens (including phenoxy) is 2. The highest BCUT2D eigenvalue weighted by Gasteiger charge is 2.21. The highest BCUT2D eigenvalue weighted by molar-refractivity contribution is 6.00. The fourth-order valence-electron chi connectivity index (χ4n) is 4.06. The van der Waals surface area contributed by atoms with Gasteiger partial charge in [0.2, 0.25) is 0 Å². The van der Waals surface area contributed by atoms with Crippen LogP contribution in [0.5, 0.6) is 11.5 Å². The molecule has 1 atom stereocenters. The summed E-state index contributed by atoms with van der Waals surface area (Å²) in [5.41, 5.74) is 7.49. The third-order valence-corrected chi connectivity index (χ3v) is 5.87. The van der Waals surface area contributed by atoms with E-state index in [-0.39, 0.29) is 12.2 Å². The van der Waals surface area contributed by atoms with E-state index >= 15 is 0 Å². The molecule has 0 saturated carbocycles. The molecule has 1 aliphatic rings. The number of hydrogen-bond acceptors (Lipinski definition) is 4. The smallest absolute Gasteiger partial charge is 0.308 e. The predicted molar refractivity (Wildman–Crippen MR) is 129 cm³/mol. The van der Waals surface area contributed by atoms with Gasteiger partial charge in [0.15, 0.2) is 0 Å². The summed E-state index contributed by atoms with van der Waals surface area (Å²) in [4.78, 5) is 13.3. The van der Waals surface area contributed by atoms with Crippen molar-refractivity contribution >= 4 is 17.1 Å². The maximum Gasteiger partial charge on any atom is 0.308 e. The zero-order valence-electron chi connectivity index (χ0n) is 19.1. The summed E-state index contributed by atoms with van der Waals surface area (Å²) in [5, 5.41) is 0. The molecule has 0 aromatic heterocycles. The van der Waals surface area contributed by atoms with Crippen molar-refractivity contribution in [3.63, 3.8) is 0 Å². The van der Waals surface area contributed by atoms with Gasteiger partial charge in [0, 0.05) is 6.92 Å². The maximum absolute atomic E-state index is 11.3. The van der Waals surface area contributed by atoms with Gasteiger partial charge in [-0.2, -0.15) is 0 Å². The maximum atomic E-state index is 11.3. The first-order chi connectivity index (χ1) is 15.4. The van der Waals surface area contributed by atoms with Crippen molar-refractivity contribution in [2.24, 2.45) is 0 Å². The number of fused-ring (bicyclic) bond motifs is 1. The Hall–Kier alpha value is -3.37. The normalized spacial score (nSPS) is 15.3. The van der Waals surface area contributed by atoms with Crippen molar-refractivity contribution in [3.05, 3.63) is 95.1 Å². The monoisotopic (exact) mass is 427 g/mol. The molecule has 0 amide bonds. The molecule has 0 bridgehead atoms. The second-order valence-corrected chi connectivity index (χ2v) is 8.33. The molecule has 0 fully saturated rings. The van der Waals surface area contributed by atoms with E-state index in [1.807, 2.05) is 62.3 Å². The van der Waals surface area contributed by atoms with Crippen LogP contribution in [0.2, 0.25) is 0 Å². The zero-order chi connectivity index (χ0) is 22.7. The number of benzene rings is 3. The number of rotatable bonds is 6. The molecule has 0 heterocycles. The highest BCUT2D eigenvalue weighted by atomic mass is 16.5. The summed E-state index contributed by atoms with van der Waals surface area (Å²) in [7, 11) is 4.00. The Bertz CT molecular complexity index is 1130. The Balaban J connectivity index is 1.76. The minimum Gasteiger partial charge on any atom is -0.475 e. The van der Waals surface area contributed by atoms with Crippen LogP contribution in [0.25, 0.3) is 11.1 Å². The fourth-order valence-corrected chi connectivity index (χ4v) is 4.06. The van der Waals surface area contributed by atoms with Crippen LogP contribution >= 0.6 is 0 Å². The van der Waals surface area contributed by atoms with Gasteiger partial charge in [-0.25, -0.2) is 0 Å². The number of hydrogen-bond donors (Lipinski definition) is 0. The molecule has 4 nitrogen and oxygen atoms in total. The van der Waals surface area contributed by atoms with E-state index in [4.69, 9.17) is 9.47 Å². The van der Waals surface area contributed by atoms with Crippen LogP contribution in [-0.2, 0) is 11.2 Å². The second kappa shape index (κ2) is 9.41.